The molecular weight excluding hydrogens is 299 g/mol. The fraction of sp³-hybridized carbons (Fsp3) is 0.533. The van der Waals surface area contributed by atoms with Crippen LogP contribution >= 0.6 is 0 Å². The van der Waals surface area contributed by atoms with Crippen molar-refractivity contribution in [2.45, 2.75) is 45.5 Å². The van der Waals surface area contributed by atoms with E-state index in [1.165, 1.54) is 7.11 Å². The predicted molar refractivity (Wildman–Crippen MR) is 76.0 cm³/mol. The Morgan fingerprint density at radius 3 is 2.36 bits per heavy atom. The zero-order valence-electron chi connectivity index (χ0n) is 13.0. The summed E-state index contributed by atoms with van der Waals surface area (Å²) in [5.74, 6) is -0.0698. The molecule has 0 saturated heterocycles. The second-order valence-corrected chi connectivity index (χ2v) is 5.16. The summed E-state index contributed by atoms with van der Waals surface area (Å²) >= 11 is 0. The van der Waals surface area contributed by atoms with Crippen LogP contribution in [0.2, 0.25) is 0 Å². The maximum absolute atomic E-state index is 12.2. The summed E-state index contributed by atoms with van der Waals surface area (Å²) in [6.07, 6.45) is -6.05. The Labute approximate surface area is 127 Å². The molecule has 1 rings (SSSR count). The molecule has 0 fully saturated rings. The number of amides is 1. The van der Waals surface area contributed by atoms with Crippen LogP contribution in [-0.4, -0.2) is 25.3 Å². The van der Waals surface area contributed by atoms with Crippen molar-refractivity contribution in [2.75, 3.05) is 7.11 Å². The fourth-order valence-electron chi connectivity index (χ4n) is 1.86. The molecule has 1 amide bonds. The fourth-order valence-corrected chi connectivity index (χ4v) is 1.86. The minimum atomic E-state index is -4.52. The second kappa shape index (κ2) is 7.38. The molecule has 1 N–H and O–H groups in total. The first-order valence-electron chi connectivity index (χ1n) is 6.83. The number of hydrogen-bond acceptors (Lipinski definition) is 3. The maximum Gasteiger partial charge on any atom is 0.397 e. The van der Waals surface area contributed by atoms with Crippen molar-refractivity contribution >= 4 is 5.91 Å². The van der Waals surface area contributed by atoms with E-state index in [0.717, 1.165) is 0 Å². The van der Waals surface area contributed by atoms with Gasteiger partial charge in [-0.1, -0.05) is 6.07 Å². The number of carbonyl (C=O) groups excluding carboxylic acids is 1. The number of carbonyl (C=O) groups is 1. The van der Waals surface area contributed by atoms with Gasteiger partial charge >= 0.3 is 6.18 Å². The number of ether oxygens (including phenoxy) is 2. The minimum absolute atomic E-state index is 0.0383. The predicted octanol–water partition coefficient (Wildman–Crippen LogP) is 3.61. The van der Waals surface area contributed by atoms with E-state index in [4.69, 9.17) is 9.47 Å². The summed E-state index contributed by atoms with van der Waals surface area (Å²) in [6, 6.07) is 4.41. The monoisotopic (exact) mass is 319 g/mol. The van der Waals surface area contributed by atoms with E-state index in [1.807, 2.05) is 13.8 Å². The smallest absolute Gasteiger partial charge is 0.397 e. The maximum atomic E-state index is 12.2. The van der Waals surface area contributed by atoms with Crippen molar-refractivity contribution in [2.24, 2.45) is 0 Å². The molecule has 0 aliphatic rings. The zero-order valence-corrected chi connectivity index (χ0v) is 13.0. The molecule has 0 aromatic heterocycles. The van der Waals surface area contributed by atoms with Crippen molar-refractivity contribution in [1.29, 1.82) is 0 Å². The normalized spacial score (nSPS) is 12.9. The summed E-state index contributed by atoms with van der Waals surface area (Å²) in [7, 11) is 1.47. The van der Waals surface area contributed by atoms with Crippen LogP contribution in [0.25, 0.3) is 0 Å². The Bertz CT molecular complexity index is 515. The van der Waals surface area contributed by atoms with E-state index < -0.39 is 24.5 Å². The van der Waals surface area contributed by atoms with Gasteiger partial charge in [-0.25, -0.2) is 0 Å². The molecule has 0 aliphatic carbocycles. The zero-order chi connectivity index (χ0) is 16.9. The van der Waals surface area contributed by atoms with Crippen LogP contribution in [0.5, 0.6) is 11.5 Å². The van der Waals surface area contributed by atoms with Gasteiger partial charge in [0.25, 0.3) is 0 Å². The lowest BCUT2D eigenvalue weighted by atomic mass is 10.1. The number of halogens is 3. The van der Waals surface area contributed by atoms with Crippen LogP contribution in [0.3, 0.4) is 0 Å². The lowest BCUT2D eigenvalue weighted by Crippen LogP contribution is -2.30. The molecule has 1 aromatic rings. The molecule has 22 heavy (non-hydrogen) atoms. The van der Waals surface area contributed by atoms with E-state index in [-0.39, 0.29) is 6.10 Å². The average molecular weight is 319 g/mol. The van der Waals surface area contributed by atoms with Crippen molar-refractivity contribution in [3.05, 3.63) is 23.8 Å². The standard InChI is InChI=1S/C15H20F3NO3/c1-9(2)22-12-6-5-11(7-13(12)21-4)10(3)19-14(20)8-15(16,17)18/h5-7,9-10H,8H2,1-4H3,(H,19,20). The van der Waals surface area contributed by atoms with Crippen molar-refractivity contribution in [1.82, 2.24) is 5.32 Å². The van der Waals surface area contributed by atoms with Gasteiger partial charge in [-0.3, -0.25) is 4.79 Å². The van der Waals surface area contributed by atoms with Gasteiger partial charge < -0.3 is 14.8 Å². The number of hydrogen-bond donors (Lipinski definition) is 1. The average Bonchev–Trinajstić information content (AvgIpc) is 2.35. The van der Waals surface area contributed by atoms with Crippen LogP contribution in [0.15, 0.2) is 18.2 Å². The van der Waals surface area contributed by atoms with Gasteiger partial charge in [0.2, 0.25) is 5.91 Å². The first-order chi connectivity index (χ1) is 10.1. The van der Waals surface area contributed by atoms with Gasteiger partial charge in [0, 0.05) is 0 Å². The van der Waals surface area contributed by atoms with E-state index in [2.05, 4.69) is 5.32 Å². The number of methoxy groups -OCH3 is 1. The van der Waals surface area contributed by atoms with E-state index >= 15 is 0 Å². The lowest BCUT2D eigenvalue weighted by molar-refractivity contribution is -0.154. The van der Waals surface area contributed by atoms with E-state index in [1.54, 1.807) is 25.1 Å². The summed E-state index contributed by atoms with van der Waals surface area (Å²) in [4.78, 5) is 11.3. The Morgan fingerprint density at radius 1 is 1.23 bits per heavy atom. The first kappa shape index (κ1) is 18.1. The summed E-state index contributed by atoms with van der Waals surface area (Å²) in [5.41, 5.74) is 0.628. The molecule has 1 atom stereocenters. The highest BCUT2D eigenvalue weighted by atomic mass is 19.4. The molecule has 0 heterocycles. The molecule has 0 bridgehead atoms. The number of rotatable bonds is 6. The molecule has 7 heteroatoms. The molecule has 0 aliphatic heterocycles. The molecule has 1 aromatic carbocycles. The Balaban J connectivity index is 2.81. The highest BCUT2D eigenvalue weighted by Gasteiger charge is 2.31. The van der Waals surface area contributed by atoms with Crippen molar-refractivity contribution in [3.8, 4) is 11.5 Å². The number of benzene rings is 1. The minimum Gasteiger partial charge on any atom is -0.493 e. The molecule has 124 valence electrons. The molecule has 0 radical (unpaired) electrons. The van der Waals surface area contributed by atoms with Gasteiger partial charge in [-0.15, -0.1) is 0 Å². The van der Waals surface area contributed by atoms with Gasteiger partial charge in [0.05, 0.1) is 19.3 Å². The summed E-state index contributed by atoms with van der Waals surface area (Å²) in [6.45, 7) is 5.34. The molecule has 4 nitrogen and oxygen atoms in total. The Morgan fingerprint density at radius 2 is 1.86 bits per heavy atom. The van der Waals surface area contributed by atoms with Gasteiger partial charge in [-0.2, -0.15) is 13.2 Å². The molecular formula is C15H20F3NO3. The highest BCUT2D eigenvalue weighted by Crippen LogP contribution is 2.31. The van der Waals surface area contributed by atoms with Gasteiger partial charge in [0.15, 0.2) is 11.5 Å². The quantitative estimate of drug-likeness (QED) is 0.871. The topological polar surface area (TPSA) is 47.6 Å². The Kier molecular flexibility index (Phi) is 6.08. The van der Waals surface area contributed by atoms with Crippen LogP contribution in [0.1, 0.15) is 38.8 Å². The van der Waals surface area contributed by atoms with E-state index in [9.17, 15) is 18.0 Å². The van der Waals surface area contributed by atoms with Gasteiger partial charge in [0.1, 0.15) is 6.42 Å². The van der Waals surface area contributed by atoms with Crippen LogP contribution in [-0.2, 0) is 4.79 Å². The van der Waals surface area contributed by atoms with E-state index in [0.29, 0.717) is 17.1 Å². The largest absolute Gasteiger partial charge is 0.493 e. The summed E-state index contributed by atoms with van der Waals surface area (Å²) < 4.78 is 47.2. The van der Waals surface area contributed by atoms with Crippen LogP contribution in [0.4, 0.5) is 13.2 Å². The molecule has 0 saturated carbocycles. The Hall–Kier alpha value is -1.92. The third-order valence-corrected chi connectivity index (χ3v) is 2.79. The van der Waals surface area contributed by atoms with Crippen LogP contribution in [0, 0.1) is 0 Å². The number of nitrogens with one attached hydrogen (secondary N) is 1. The van der Waals surface area contributed by atoms with Crippen molar-refractivity contribution < 1.29 is 27.4 Å². The van der Waals surface area contributed by atoms with Crippen LogP contribution < -0.4 is 14.8 Å². The summed E-state index contributed by atoms with van der Waals surface area (Å²) in [5, 5.41) is 2.31. The molecule has 1 unspecified atom stereocenters. The van der Waals surface area contributed by atoms with Gasteiger partial charge in [-0.05, 0) is 38.5 Å². The lowest BCUT2D eigenvalue weighted by Gasteiger charge is -2.18. The third-order valence-electron chi connectivity index (χ3n) is 2.79. The number of alkyl halides is 3. The molecule has 0 spiro atoms. The van der Waals surface area contributed by atoms with Crippen molar-refractivity contribution in [3.63, 3.8) is 0 Å². The SMILES string of the molecule is COc1cc(C(C)NC(=O)CC(F)(F)F)ccc1OC(C)C. The second-order valence-electron chi connectivity index (χ2n) is 5.16. The first-order valence-corrected chi connectivity index (χ1v) is 6.83. The highest BCUT2D eigenvalue weighted by molar-refractivity contribution is 5.77. The third kappa shape index (κ3) is 5.83.